The van der Waals surface area contributed by atoms with Gasteiger partial charge in [-0.15, -0.1) is 0 Å². The molecule has 47 heavy (non-hydrogen) atoms. The smallest absolute Gasteiger partial charge is 0.457 e. The van der Waals surface area contributed by atoms with E-state index in [0.717, 1.165) is 38.5 Å². The lowest BCUT2D eigenvalue weighted by atomic mass is 10.1. The molecule has 0 aliphatic carbocycles. The van der Waals surface area contributed by atoms with Crippen LogP contribution in [0.2, 0.25) is 0 Å². The van der Waals surface area contributed by atoms with Gasteiger partial charge in [0.05, 0.1) is 34.4 Å². The second-order valence-electron chi connectivity index (χ2n) is 14.0. The van der Waals surface area contributed by atoms with Crippen molar-refractivity contribution in [3.05, 3.63) is 24.3 Å². The lowest BCUT2D eigenvalue weighted by Gasteiger charge is -2.24. The van der Waals surface area contributed by atoms with Crippen LogP contribution in [0.1, 0.15) is 155 Å². The summed E-state index contributed by atoms with van der Waals surface area (Å²) in [5.41, 5.74) is 0. The molecular formula is C38H75NO7P+. The number of unbranched alkanes of at least 4 members (excludes halogenated alkanes) is 17. The Balaban J connectivity index is 4.13. The number of ether oxygens (including phenoxy) is 2. The first kappa shape index (κ1) is 46.0. The number of allylic oxidation sites excluding steroid dienone is 4. The van der Waals surface area contributed by atoms with Crippen molar-refractivity contribution in [3.8, 4) is 0 Å². The van der Waals surface area contributed by atoms with E-state index in [1.54, 1.807) is 0 Å². The van der Waals surface area contributed by atoms with Gasteiger partial charge >= 0.3 is 13.8 Å². The van der Waals surface area contributed by atoms with E-state index in [0.29, 0.717) is 24.1 Å². The highest BCUT2D eigenvalue weighted by Crippen LogP contribution is 2.43. The molecule has 0 fully saturated rings. The summed E-state index contributed by atoms with van der Waals surface area (Å²) in [6.45, 7) is 5.54. The molecule has 9 heteroatoms. The molecule has 0 aliphatic rings. The first-order valence-corrected chi connectivity index (χ1v) is 20.6. The molecule has 2 atom stereocenters. The second-order valence-corrected chi connectivity index (χ2v) is 15.4. The molecule has 8 nitrogen and oxygen atoms in total. The molecule has 0 bridgehead atoms. The summed E-state index contributed by atoms with van der Waals surface area (Å²) < 4.78 is 34.6. The first-order chi connectivity index (χ1) is 22.6. The standard InChI is InChI=1S/C38H74NO7P/c1-6-8-10-12-14-15-16-17-18-19-20-21-22-23-24-25-26-27-29-31-38(40)46-37(35-43-33-30-28-13-11-9-7-2)36-45-47(41,42)44-34-32-39(3,4)5/h14-15,17-18,37H,6-13,16,19-36H2,1-5H3/p+1/b15-14-,18-17-. The van der Waals surface area contributed by atoms with E-state index in [-0.39, 0.29) is 25.8 Å². The molecule has 1 N–H and O–H groups in total. The van der Waals surface area contributed by atoms with Crippen molar-refractivity contribution in [1.29, 1.82) is 0 Å². The average Bonchev–Trinajstić information content (AvgIpc) is 3.01. The Morgan fingerprint density at radius 1 is 0.660 bits per heavy atom. The molecule has 0 saturated heterocycles. The number of nitrogens with zero attached hydrogens (tertiary/aromatic N) is 1. The summed E-state index contributed by atoms with van der Waals surface area (Å²) in [4.78, 5) is 22.7. The molecular weight excluding hydrogens is 613 g/mol. The number of rotatable bonds is 35. The summed E-state index contributed by atoms with van der Waals surface area (Å²) >= 11 is 0. The van der Waals surface area contributed by atoms with Crippen LogP contribution in [0.15, 0.2) is 24.3 Å². The van der Waals surface area contributed by atoms with Crippen LogP contribution in [0, 0.1) is 0 Å². The zero-order valence-electron chi connectivity index (χ0n) is 31.3. The van der Waals surface area contributed by atoms with Crippen LogP contribution in [0.25, 0.3) is 0 Å². The van der Waals surface area contributed by atoms with Crippen LogP contribution >= 0.6 is 7.82 Å². The van der Waals surface area contributed by atoms with Crippen molar-refractivity contribution in [1.82, 2.24) is 0 Å². The average molecular weight is 689 g/mol. The fourth-order valence-electron chi connectivity index (χ4n) is 4.99. The normalized spacial score (nSPS) is 14.3. The molecule has 278 valence electrons. The quantitative estimate of drug-likeness (QED) is 0.0233. The van der Waals surface area contributed by atoms with Crippen LogP contribution < -0.4 is 0 Å². The molecule has 0 spiro atoms. The molecule has 0 aromatic carbocycles. The fraction of sp³-hybridized carbons (Fsp3) is 0.868. The van der Waals surface area contributed by atoms with E-state index in [4.69, 9.17) is 18.5 Å². The van der Waals surface area contributed by atoms with E-state index in [2.05, 4.69) is 38.2 Å². The van der Waals surface area contributed by atoms with Gasteiger partial charge in [0.1, 0.15) is 19.3 Å². The van der Waals surface area contributed by atoms with E-state index < -0.39 is 13.9 Å². The zero-order chi connectivity index (χ0) is 34.9. The van der Waals surface area contributed by atoms with Crippen molar-refractivity contribution in [2.24, 2.45) is 0 Å². The summed E-state index contributed by atoms with van der Waals surface area (Å²) in [5.74, 6) is -0.322. The maximum absolute atomic E-state index is 12.6. The monoisotopic (exact) mass is 689 g/mol. The number of carbonyl (C=O) groups is 1. The Kier molecular flexibility index (Phi) is 31.5. The number of phosphoric acid groups is 1. The number of esters is 1. The maximum atomic E-state index is 12.6. The SMILES string of the molecule is CCCCC/C=C\C/C=C\CCCCCCCCCCCC(=O)OC(COCCCCCCCC)COP(=O)(O)OCC[N+](C)(C)C. The molecule has 0 rings (SSSR count). The number of quaternary nitrogens is 1. The second kappa shape index (κ2) is 32.2. The third-order valence-corrected chi connectivity index (χ3v) is 9.00. The highest BCUT2D eigenvalue weighted by atomic mass is 31.2. The summed E-state index contributed by atoms with van der Waals surface area (Å²) in [7, 11) is 1.66. The minimum atomic E-state index is -4.26. The predicted octanol–water partition coefficient (Wildman–Crippen LogP) is 10.5. The lowest BCUT2D eigenvalue weighted by Crippen LogP contribution is -2.37. The van der Waals surface area contributed by atoms with Gasteiger partial charge in [0.25, 0.3) is 0 Å². The van der Waals surface area contributed by atoms with Gasteiger partial charge in [0.2, 0.25) is 0 Å². The van der Waals surface area contributed by atoms with Crippen molar-refractivity contribution in [2.45, 2.75) is 161 Å². The molecule has 0 radical (unpaired) electrons. The van der Waals surface area contributed by atoms with Gasteiger partial charge in [-0.05, 0) is 44.9 Å². The number of carbonyl (C=O) groups excluding carboxylic acids is 1. The molecule has 0 heterocycles. The summed E-state index contributed by atoms with van der Waals surface area (Å²) in [6, 6.07) is 0. The summed E-state index contributed by atoms with van der Waals surface area (Å²) in [5, 5.41) is 0. The highest BCUT2D eigenvalue weighted by molar-refractivity contribution is 7.47. The third kappa shape index (κ3) is 36.1. The van der Waals surface area contributed by atoms with E-state index >= 15 is 0 Å². The van der Waals surface area contributed by atoms with E-state index in [1.165, 1.54) is 96.3 Å². The van der Waals surface area contributed by atoms with Gasteiger partial charge in [-0.2, -0.15) is 0 Å². The van der Waals surface area contributed by atoms with Crippen LogP contribution in [-0.4, -0.2) is 75.6 Å². The lowest BCUT2D eigenvalue weighted by molar-refractivity contribution is -0.870. The van der Waals surface area contributed by atoms with Gasteiger partial charge in [0, 0.05) is 13.0 Å². The van der Waals surface area contributed by atoms with Crippen LogP contribution in [0.3, 0.4) is 0 Å². The molecule has 0 aromatic heterocycles. The van der Waals surface area contributed by atoms with E-state index in [9.17, 15) is 14.3 Å². The zero-order valence-corrected chi connectivity index (χ0v) is 32.2. The first-order valence-electron chi connectivity index (χ1n) is 19.1. The van der Waals surface area contributed by atoms with Gasteiger partial charge in [-0.3, -0.25) is 13.8 Å². The molecule has 0 saturated carbocycles. The largest absolute Gasteiger partial charge is 0.472 e. The molecule has 0 aliphatic heterocycles. The number of likely N-dealkylation sites (N-methyl/N-ethyl adjacent to an activating group) is 1. The Morgan fingerprint density at radius 3 is 1.77 bits per heavy atom. The minimum Gasteiger partial charge on any atom is -0.457 e. The van der Waals surface area contributed by atoms with Crippen LogP contribution in [0.4, 0.5) is 0 Å². The Hall–Kier alpha value is -1.02. The Morgan fingerprint density at radius 2 is 1.17 bits per heavy atom. The molecule has 0 aromatic rings. The van der Waals surface area contributed by atoms with E-state index in [1.807, 2.05) is 21.1 Å². The Bertz CT molecular complexity index is 812. The van der Waals surface area contributed by atoms with Crippen LogP contribution in [-0.2, 0) is 27.9 Å². The third-order valence-electron chi connectivity index (χ3n) is 8.02. The maximum Gasteiger partial charge on any atom is 0.472 e. The minimum absolute atomic E-state index is 0.0887. The topological polar surface area (TPSA) is 91.3 Å². The van der Waals surface area contributed by atoms with Crippen molar-refractivity contribution in [3.63, 3.8) is 0 Å². The molecule has 0 amide bonds. The fourth-order valence-corrected chi connectivity index (χ4v) is 5.73. The summed E-state index contributed by atoms with van der Waals surface area (Å²) in [6.07, 6.45) is 33.6. The highest BCUT2D eigenvalue weighted by Gasteiger charge is 2.26. The Labute approximate surface area is 290 Å². The molecule has 2 unspecified atom stereocenters. The van der Waals surface area contributed by atoms with Gasteiger partial charge < -0.3 is 18.9 Å². The van der Waals surface area contributed by atoms with Crippen molar-refractivity contribution >= 4 is 13.8 Å². The van der Waals surface area contributed by atoms with Crippen molar-refractivity contribution in [2.75, 3.05) is 54.1 Å². The van der Waals surface area contributed by atoms with Crippen molar-refractivity contribution < 1.29 is 37.3 Å². The van der Waals surface area contributed by atoms with Gasteiger partial charge in [-0.25, -0.2) is 4.57 Å². The number of phosphoric ester groups is 1. The van der Waals surface area contributed by atoms with Crippen LogP contribution in [0.5, 0.6) is 0 Å². The number of hydrogen-bond donors (Lipinski definition) is 1. The van der Waals surface area contributed by atoms with Gasteiger partial charge in [0.15, 0.2) is 0 Å². The predicted molar refractivity (Wildman–Crippen MR) is 197 cm³/mol. The van der Waals surface area contributed by atoms with Gasteiger partial charge in [-0.1, -0.05) is 128 Å². The number of hydrogen-bond acceptors (Lipinski definition) is 6.